The van der Waals surface area contributed by atoms with E-state index in [9.17, 15) is 9.59 Å². The lowest BCUT2D eigenvalue weighted by molar-refractivity contribution is -0.122. The largest absolute Gasteiger partial charge is 0.478 e. The molecular weight excluding hydrogens is 304 g/mol. The number of benzene rings is 2. The number of anilines is 2. The summed E-state index contributed by atoms with van der Waals surface area (Å²) in [5, 5.41) is 2.79. The fraction of sp³-hybridized carbons (Fsp3) is 0.263. The van der Waals surface area contributed by atoms with Crippen molar-refractivity contribution in [1.82, 2.24) is 0 Å². The lowest BCUT2D eigenvalue weighted by Crippen LogP contribution is -2.36. The minimum Gasteiger partial charge on any atom is -0.478 e. The highest BCUT2D eigenvalue weighted by molar-refractivity contribution is 6.11. The number of carbonyl (C=O) groups is 2. The predicted octanol–water partition coefficient (Wildman–Crippen LogP) is 3.17. The van der Waals surface area contributed by atoms with E-state index < -0.39 is 6.10 Å². The zero-order valence-electron chi connectivity index (χ0n) is 13.6. The van der Waals surface area contributed by atoms with Gasteiger partial charge in [0.05, 0.1) is 11.3 Å². The molecule has 122 valence electrons. The molecule has 0 saturated heterocycles. The standard InChI is InChI=1S/C19H18N2O3/c1-11-10-21(16-9-4-3-6-13(11)16)19(23)14-7-5-8-15-17(14)24-12(2)18(22)20-15/h3-9,11-12H,10H2,1-2H3,(H,20,22)/t11-,12-/m0/s1. The Morgan fingerprint density at radius 2 is 1.96 bits per heavy atom. The molecule has 0 radical (unpaired) electrons. The lowest BCUT2D eigenvalue weighted by Gasteiger charge is -2.26. The van der Waals surface area contributed by atoms with Crippen molar-refractivity contribution in [1.29, 1.82) is 0 Å². The first kappa shape index (κ1) is 14.8. The van der Waals surface area contributed by atoms with E-state index in [2.05, 4.69) is 18.3 Å². The second-order valence-electron chi connectivity index (χ2n) is 6.31. The van der Waals surface area contributed by atoms with Crippen LogP contribution in [0.3, 0.4) is 0 Å². The molecule has 0 saturated carbocycles. The van der Waals surface area contributed by atoms with Gasteiger partial charge in [0.25, 0.3) is 11.8 Å². The number of hydrogen-bond acceptors (Lipinski definition) is 3. The highest BCUT2D eigenvalue weighted by Crippen LogP contribution is 2.39. The summed E-state index contributed by atoms with van der Waals surface area (Å²) in [6.07, 6.45) is -0.615. The van der Waals surface area contributed by atoms with Crippen LogP contribution >= 0.6 is 0 Å². The number of nitrogens with one attached hydrogen (secondary N) is 1. The van der Waals surface area contributed by atoms with E-state index in [1.54, 1.807) is 30.0 Å². The number of para-hydroxylation sites is 2. The van der Waals surface area contributed by atoms with Crippen molar-refractivity contribution in [3.8, 4) is 5.75 Å². The van der Waals surface area contributed by atoms with E-state index in [0.717, 1.165) is 5.69 Å². The number of ether oxygens (including phenoxy) is 1. The highest BCUT2D eigenvalue weighted by atomic mass is 16.5. The van der Waals surface area contributed by atoms with Crippen LogP contribution in [0.2, 0.25) is 0 Å². The predicted molar refractivity (Wildman–Crippen MR) is 91.7 cm³/mol. The van der Waals surface area contributed by atoms with Crippen LogP contribution in [0.25, 0.3) is 0 Å². The van der Waals surface area contributed by atoms with Gasteiger partial charge in [-0.2, -0.15) is 0 Å². The van der Waals surface area contributed by atoms with Gasteiger partial charge in [0.15, 0.2) is 11.9 Å². The van der Waals surface area contributed by atoms with E-state index in [1.807, 2.05) is 18.2 Å². The van der Waals surface area contributed by atoms with E-state index >= 15 is 0 Å². The second-order valence-corrected chi connectivity index (χ2v) is 6.31. The maximum absolute atomic E-state index is 13.1. The SMILES string of the molecule is C[C@@H]1Oc2c(cccc2C(=O)N2C[C@H](C)c3ccccc32)NC1=O. The molecule has 2 aromatic rings. The third-order valence-electron chi connectivity index (χ3n) is 4.63. The summed E-state index contributed by atoms with van der Waals surface area (Å²) in [6, 6.07) is 13.2. The molecule has 2 aliphatic rings. The molecule has 0 fully saturated rings. The molecule has 1 N–H and O–H groups in total. The van der Waals surface area contributed by atoms with Crippen molar-refractivity contribution in [2.45, 2.75) is 25.9 Å². The highest BCUT2D eigenvalue weighted by Gasteiger charge is 2.34. The zero-order valence-corrected chi connectivity index (χ0v) is 13.6. The van der Waals surface area contributed by atoms with Gasteiger partial charge in [-0.25, -0.2) is 0 Å². The zero-order chi connectivity index (χ0) is 16.8. The van der Waals surface area contributed by atoms with Crippen molar-refractivity contribution in [3.63, 3.8) is 0 Å². The van der Waals surface area contributed by atoms with Gasteiger partial charge in [0.1, 0.15) is 0 Å². The number of fused-ring (bicyclic) bond motifs is 2. The van der Waals surface area contributed by atoms with E-state index in [1.165, 1.54) is 5.56 Å². The molecule has 2 aromatic carbocycles. The summed E-state index contributed by atoms with van der Waals surface area (Å²) in [6.45, 7) is 4.43. The summed E-state index contributed by atoms with van der Waals surface area (Å²) in [5.41, 5.74) is 3.14. The molecule has 0 aromatic heterocycles. The van der Waals surface area contributed by atoms with Crippen LogP contribution in [-0.2, 0) is 4.79 Å². The van der Waals surface area contributed by atoms with Gasteiger partial charge in [0, 0.05) is 18.2 Å². The number of hydrogen-bond donors (Lipinski definition) is 1. The molecule has 5 heteroatoms. The molecule has 5 nitrogen and oxygen atoms in total. The Hall–Kier alpha value is -2.82. The van der Waals surface area contributed by atoms with Crippen molar-refractivity contribution >= 4 is 23.2 Å². The Labute approximate surface area is 140 Å². The summed E-state index contributed by atoms with van der Waals surface area (Å²) < 4.78 is 5.71. The molecule has 2 heterocycles. The number of nitrogens with zero attached hydrogens (tertiary/aromatic N) is 1. The van der Waals surface area contributed by atoms with Crippen molar-refractivity contribution in [2.75, 3.05) is 16.8 Å². The Bertz CT molecular complexity index is 846. The minimum absolute atomic E-state index is 0.105. The number of rotatable bonds is 1. The fourth-order valence-corrected chi connectivity index (χ4v) is 3.35. The second kappa shape index (κ2) is 5.37. The van der Waals surface area contributed by atoms with Crippen LogP contribution in [0.15, 0.2) is 42.5 Å². The van der Waals surface area contributed by atoms with Crippen molar-refractivity contribution < 1.29 is 14.3 Å². The van der Waals surface area contributed by atoms with Gasteiger partial charge < -0.3 is 15.0 Å². The first-order valence-electron chi connectivity index (χ1n) is 8.07. The first-order valence-corrected chi connectivity index (χ1v) is 8.07. The molecule has 2 amide bonds. The molecule has 2 aliphatic heterocycles. The summed E-state index contributed by atoms with van der Waals surface area (Å²) >= 11 is 0. The van der Waals surface area contributed by atoms with E-state index in [4.69, 9.17) is 4.74 Å². The Balaban J connectivity index is 1.75. The van der Waals surface area contributed by atoms with Gasteiger partial charge in [-0.1, -0.05) is 31.2 Å². The summed E-state index contributed by atoms with van der Waals surface area (Å²) in [5.74, 6) is 0.440. The summed E-state index contributed by atoms with van der Waals surface area (Å²) in [7, 11) is 0. The molecule has 0 bridgehead atoms. The quantitative estimate of drug-likeness (QED) is 0.877. The van der Waals surface area contributed by atoms with Gasteiger partial charge in [-0.3, -0.25) is 9.59 Å². The first-order chi connectivity index (χ1) is 11.6. The van der Waals surface area contributed by atoms with Crippen molar-refractivity contribution in [3.05, 3.63) is 53.6 Å². The van der Waals surface area contributed by atoms with Crippen molar-refractivity contribution in [2.24, 2.45) is 0 Å². The topological polar surface area (TPSA) is 58.6 Å². The molecular formula is C19H18N2O3. The van der Waals surface area contributed by atoms with Gasteiger partial charge >= 0.3 is 0 Å². The van der Waals surface area contributed by atoms with Crippen LogP contribution in [0.4, 0.5) is 11.4 Å². The smallest absolute Gasteiger partial charge is 0.265 e. The average molecular weight is 322 g/mol. The Kier molecular flexibility index (Phi) is 3.30. The third-order valence-corrected chi connectivity index (χ3v) is 4.63. The van der Waals surface area contributed by atoms with Gasteiger partial charge in [-0.15, -0.1) is 0 Å². The number of amides is 2. The monoisotopic (exact) mass is 322 g/mol. The van der Waals surface area contributed by atoms with Crippen LogP contribution in [0.5, 0.6) is 5.75 Å². The molecule has 4 rings (SSSR count). The molecule has 2 atom stereocenters. The van der Waals surface area contributed by atoms with Crippen LogP contribution < -0.4 is 15.0 Å². The van der Waals surface area contributed by atoms with Crippen LogP contribution in [0.1, 0.15) is 35.7 Å². The Morgan fingerprint density at radius 3 is 2.79 bits per heavy atom. The normalized spacial score (nSPS) is 21.6. The van der Waals surface area contributed by atoms with E-state index in [0.29, 0.717) is 29.5 Å². The molecule has 0 unspecified atom stereocenters. The molecule has 0 aliphatic carbocycles. The Morgan fingerprint density at radius 1 is 1.17 bits per heavy atom. The maximum Gasteiger partial charge on any atom is 0.265 e. The van der Waals surface area contributed by atoms with Crippen LogP contribution in [-0.4, -0.2) is 24.5 Å². The molecule has 0 spiro atoms. The minimum atomic E-state index is -0.615. The average Bonchev–Trinajstić information content (AvgIpc) is 2.92. The fourth-order valence-electron chi connectivity index (χ4n) is 3.35. The maximum atomic E-state index is 13.1. The van der Waals surface area contributed by atoms with Crippen LogP contribution in [0, 0.1) is 0 Å². The summed E-state index contributed by atoms with van der Waals surface area (Å²) in [4.78, 5) is 26.7. The van der Waals surface area contributed by atoms with E-state index in [-0.39, 0.29) is 11.8 Å². The van der Waals surface area contributed by atoms with Gasteiger partial charge in [-0.05, 0) is 30.7 Å². The number of carbonyl (C=O) groups excluding carboxylic acids is 2. The lowest BCUT2D eigenvalue weighted by atomic mass is 10.0. The van der Waals surface area contributed by atoms with Gasteiger partial charge in [0.2, 0.25) is 0 Å². The third kappa shape index (κ3) is 2.16. The molecule has 24 heavy (non-hydrogen) atoms.